The highest BCUT2D eigenvalue weighted by Gasteiger charge is 2.09. The average Bonchev–Trinajstić information content (AvgIpc) is 2.77. The molecule has 0 unspecified atom stereocenters. The summed E-state index contributed by atoms with van der Waals surface area (Å²) in [4.78, 5) is 4.52. The van der Waals surface area contributed by atoms with Gasteiger partial charge in [-0.3, -0.25) is 0 Å². The lowest BCUT2D eigenvalue weighted by molar-refractivity contribution is 0.635. The monoisotopic (exact) mass is 244 g/mol. The van der Waals surface area contributed by atoms with E-state index in [9.17, 15) is 0 Å². The van der Waals surface area contributed by atoms with Gasteiger partial charge < -0.3 is 5.73 Å². The van der Waals surface area contributed by atoms with Crippen LogP contribution in [0.5, 0.6) is 0 Å². The molecule has 0 saturated carbocycles. The van der Waals surface area contributed by atoms with Gasteiger partial charge in [0.15, 0.2) is 5.82 Å². The average molecular weight is 244 g/mol. The van der Waals surface area contributed by atoms with Crippen molar-refractivity contribution in [3.05, 3.63) is 41.0 Å². The summed E-state index contributed by atoms with van der Waals surface area (Å²) in [5.74, 6) is 1.95. The fraction of sp³-hybridized carbons (Fsp3) is 0.429. The fourth-order valence-corrected chi connectivity index (χ4v) is 2.00. The molecule has 0 bridgehead atoms. The van der Waals surface area contributed by atoms with Crippen LogP contribution in [0.2, 0.25) is 0 Å². The smallest absolute Gasteiger partial charge is 0.150 e. The lowest BCUT2D eigenvalue weighted by Gasteiger charge is -2.09. The van der Waals surface area contributed by atoms with Crippen LogP contribution in [0.15, 0.2) is 18.2 Å². The lowest BCUT2D eigenvalue weighted by atomic mass is 10.1. The first-order chi connectivity index (χ1) is 8.65. The number of anilines is 1. The molecule has 4 heteroatoms. The van der Waals surface area contributed by atoms with Crippen LogP contribution < -0.4 is 5.73 Å². The summed E-state index contributed by atoms with van der Waals surface area (Å²) in [6.45, 7) is 6.97. The zero-order valence-corrected chi connectivity index (χ0v) is 11.3. The van der Waals surface area contributed by atoms with Gasteiger partial charge in [0, 0.05) is 18.5 Å². The number of hydrogen-bond donors (Lipinski definition) is 1. The summed E-state index contributed by atoms with van der Waals surface area (Å²) < 4.78 is 1.99. The van der Waals surface area contributed by atoms with Gasteiger partial charge in [-0.05, 0) is 24.1 Å². The molecule has 2 aromatic rings. The third-order valence-electron chi connectivity index (χ3n) is 3.23. The molecule has 1 heterocycles. The SMILES string of the molecule is CCc1nc(CC)n(Cc2cccc(N)c2C)n1. The zero-order valence-electron chi connectivity index (χ0n) is 11.3. The fourth-order valence-electron chi connectivity index (χ4n) is 2.00. The van der Waals surface area contributed by atoms with E-state index >= 15 is 0 Å². The minimum Gasteiger partial charge on any atom is -0.399 e. The number of nitrogens with zero attached hydrogens (tertiary/aromatic N) is 3. The largest absolute Gasteiger partial charge is 0.399 e. The molecule has 0 radical (unpaired) electrons. The summed E-state index contributed by atoms with van der Waals surface area (Å²) in [5, 5.41) is 4.53. The molecule has 0 spiro atoms. The Morgan fingerprint density at radius 3 is 2.67 bits per heavy atom. The van der Waals surface area contributed by atoms with Gasteiger partial charge in [-0.25, -0.2) is 9.67 Å². The van der Waals surface area contributed by atoms with Crippen molar-refractivity contribution in [2.75, 3.05) is 5.73 Å². The number of aromatic nitrogens is 3. The molecule has 0 saturated heterocycles. The van der Waals surface area contributed by atoms with Crippen LogP contribution in [-0.4, -0.2) is 14.8 Å². The first kappa shape index (κ1) is 12.6. The predicted molar refractivity (Wildman–Crippen MR) is 73.5 cm³/mol. The van der Waals surface area contributed by atoms with E-state index in [2.05, 4.69) is 30.0 Å². The van der Waals surface area contributed by atoms with Crippen molar-refractivity contribution in [3.8, 4) is 0 Å². The first-order valence-corrected chi connectivity index (χ1v) is 6.42. The van der Waals surface area contributed by atoms with Crippen LogP contribution in [0.25, 0.3) is 0 Å². The van der Waals surface area contributed by atoms with Gasteiger partial charge in [0.05, 0.1) is 6.54 Å². The third kappa shape index (κ3) is 2.37. The van der Waals surface area contributed by atoms with Gasteiger partial charge in [-0.15, -0.1) is 0 Å². The summed E-state index contributed by atoms with van der Waals surface area (Å²) in [5.41, 5.74) is 9.10. The molecule has 0 atom stereocenters. The number of nitrogen functional groups attached to an aromatic ring is 1. The summed E-state index contributed by atoms with van der Waals surface area (Å²) in [6, 6.07) is 6.01. The molecule has 0 aliphatic carbocycles. The Morgan fingerprint density at radius 1 is 1.22 bits per heavy atom. The van der Waals surface area contributed by atoms with Crippen LogP contribution in [0, 0.1) is 6.92 Å². The van der Waals surface area contributed by atoms with Gasteiger partial charge in [-0.1, -0.05) is 26.0 Å². The van der Waals surface area contributed by atoms with Gasteiger partial charge in [0.25, 0.3) is 0 Å². The number of nitrogens with two attached hydrogens (primary N) is 1. The Morgan fingerprint density at radius 2 is 2.00 bits per heavy atom. The molecule has 4 nitrogen and oxygen atoms in total. The Balaban J connectivity index is 2.33. The topological polar surface area (TPSA) is 56.7 Å². The first-order valence-electron chi connectivity index (χ1n) is 6.42. The molecule has 0 aliphatic heterocycles. The van der Waals surface area contributed by atoms with Gasteiger partial charge in [0.1, 0.15) is 5.82 Å². The molecule has 0 fully saturated rings. The van der Waals surface area contributed by atoms with E-state index in [0.29, 0.717) is 0 Å². The van der Waals surface area contributed by atoms with E-state index in [0.717, 1.165) is 42.3 Å². The Kier molecular flexibility index (Phi) is 3.65. The molecule has 2 N–H and O–H groups in total. The standard InChI is InChI=1S/C14H20N4/c1-4-13-16-14(5-2)18(17-13)9-11-7-6-8-12(15)10(11)3/h6-8H,4-5,9,15H2,1-3H3. The van der Waals surface area contributed by atoms with E-state index in [1.165, 1.54) is 5.56 Å². The maximum Gasteiger partial charge on any atom is 0.150 e. The van der Waals surface area contributed by atoms with E-state index in [1.54, 1.807) is 0 Å². The van der Waals surface area contributed by atoms with Gasteiger partial charge in [-0.2, -0.15) is 5.10 Å². The molecule has 0 aliphatic rings. The highest BCUT2D eigenvalue weighted by atomic mass is 15.3. The second-order valence-corrected chi connectivity index (χ2v) is 4.44. The van der Waals surface area contributed by atoms with E-state index < -0.39 is 0 Å². The highest BCUT2D eigenvalue weighted by molar-refractivity contribution is 5.49. The van der Waals surface area contributed by atoms with Gasteiger partial charge >= 0.3 is 0 Å². The van der Waals surface area contributed by atoms with Crippen LogP contribution in [0.1, 0.15) is 36.6 Å². The second-order valence-electron chi connectivity index (χ2n) is 4.44. The highest BCUT2D eigenvalue weighted by Crippen LogP contribution is 2.17. The summed E-state index contributed by atoms with van der Waals surface area (Å²) in [6.07, 6.45) is 1.77. The van der Waals surface area contributed by atoms with Crippen LogP contribution in [0.3, 0.4) is 0 Å². The lowest BCUT2D eigenvalue weighted by Crippen LogP contribution is -2.08. The van der Waals surface area contributed by atoms with Crippen molar-refractivity contribution in [3.63, 3.8) is 0 Å². The van der Waals surface area contributed by atoms with Gasteiger partial charge in [0.2, 0.25) is 0 Å². The minimum absolute atomic E-state index is 0.743. The zero-order chi connectivity index (χ0) is 13.1. The Labute approximate surface area is 108 Å². The quantitative estimate of drug-likeness (QED) is 0.840. The summed E-state index contributed by atoms with van der Waals surface area (Å²) in [7, 11) is 0. The second kappa shape index (κ2) is 5.21. The number of rotatable bonds is 4. The summed E-state index contributed by atoms with van der Waals surface area (Å²) >= 11 is 0. The van der Waals surface area contributed by atoms with Crippen molar-refractivity contribution in [2.45, 2.75) is 40.2 Å². The Bertz CT molecular complexity index is 543. The van der Waals surface area contributed by atoms with Crippen molar-refractivity contribution in [1.82, 2.24) is 14.8 Å². The molecule has 2 rings (SSSR count). The molecule has 0 amide bonds. The molecule has 18 heavy (non-hydrogen) atoms. The maximum atomic E-state index is 5.93. The minimum atomic E-state index is 0.743. The predicted octanol–water partition coefficient (Wildman–Crippen LogP) is 2.34. The normalized spacial score (nSPS) is 10.8. The molecule has 96 valence electrons. The number of benzene rings is 1. The van der Waals surface area contributed by atoms with Crippen LogP contribution in [0.4, 0.5) is 5.69 Å². The molecular formula is C14H20N4. The number of hydrogen-bond acceptors (Lipinski definition) is 3. The van der Waals surface area contributed by atoms with Crippen LogP contribution >= 0.6 is 0 Å². The maximum absolute atomic E-state index is 5.93. The van der Waals surface area contributed by atoms with E-state index in [4.69, 9.17) is 5.73 Å². The Hall–Kier alpha value is -1.84. The molecule has 1 aromatic heterocycles. The van der Waals surface area contributed by atoms with Crippen molar-refractivity contribution >= 4 is 5.69 Å². The van der Waals surface area contributed by atoms with E-state index in [-0.39, 0.29) is 0 Å². The third-order valence-corrected chi connectivity index (χ3v) is 3.23. The molecule has 1 aromatic carbocycles. The van der Waals surface area contributed by atoms with Crippen molar-refractivity contribution in [2.24, 2.45) is 0 Å². The van der Waals surface area contributed by atoms with Crippen molar-refractivity contribution < 1.29 is 0 Å². The van der Waals surface area contributed by atoms with Crippen molar-refractivity contribution in [1.29, 1.82) is 0 Å². The van der Waals surface area contributed by atoms with Crippen LogP contribution in [-0.2, 0) is 19.4 Å². The van der Waals surface area contributed by atoms with E-state index in [1.807, 2.05) is 23.7 Å². The number of aryl methyl sites for hydroxylation is 2. The molecular weight excluding hydrogens is 224 g/mol.